The lowest BCUT2D eigenvalue weighted by molar-refractivity contribution is -0.605. The van der Waals surface area contributed by atoms with Crippen molar-refractivity contribution in [1.82, 2.24) is 4.31 Å². The van der Waals surface area contributed by atoms with Gasteiger partial charge < -0.3 is 19.4 Å². The van der Waals surface area contributed by atoms with Gasteiger partial charge in [0.1, 0.15) is 16.1 Å². The Labute approximate surface area is 284 Å². The van der Waals surface area contributed by atoms with E-state index in [0.717, 1.165) is 71.8 Å². The van der Waals surface area contributed by atoms with Gasteiger partial charge in [-0.15, -0.1) is 11.8 Å². The fourth-order valence-electron chi connectivity index (χ4n) is 4.74. The second kappa shape index (κ2) is 14.3. The van der Waals surface area contributed by atoms with Gasteiger partial charge in [0.2, 0.25) is 10.0 Å². The normalized spacial score (nSPS) is 17.9. The number of aromatic nitrogens is 1. The van der Waals surface area contributed by atoms with Gasteiger partial charge in [0, 0.05) is 30.5 Å². The molecule has 2 aromatic carbocycles. The second-order valence-electron chi connectivity index (χ2n) is 10.8. The number of esters is 1. The molecule has 1 saturated carbocycles. The molecular formula is C29H28Cl2F2N2O9S3. The predicted molar refractivity (Wildman–Crippen MR) is 169 cm³/mol. The van der Waals surface area contributed by atoms with Crippen LogP contribution in [0.2, 0.25) is 10.0 Å². The number of rotatable bonds is 13. The Morgan fingerprint density at radius 3 is 2.28 bits per heavy atom. The number of sulfonamides is 1. The lowest BCUT2D eigenvalue weighted by atomic mass is 10.0. The van der Waals surface area contributed by atoms with Crippen molar-refractivity contribution in [1.29, 1.82) is 0 Å². The first-order chi connectivity index (χ1) is 22.1. The molecule has 1 unspecified atom stereocenters. The zero-order valence-electron chi connectivity index (χ0n) is 24.6. The Balaban J connectivity index is 1.46. The van der Waals surface area contributed by atoms with Crippen LogP contribution in [-0.2, 0) is 35.8 Å². The summed E-state index contributed by atoms with van der Waals surface area (Å²) in [7, 11) is -7.85. The summed E-state index contributed by atoms with van der Waals surface area (Å²) in [6, 6.07) is 8.64. The van der Waals surface area contributed by atoms with Crippen LogP contribution in [0.4, 0.5) is 8.78 Å². The number of benzene rings is 2. The van der Waals surface area contributed by atoms with Crippen LogP contribution in [0.3, 0.4) is 0 Å². The molecule has 1 aliphatic heterocycles. The van der Waals surface area contributed by atoms with Gasteiger partial charge in [-0.05, 0) is 60.7 Å². The molecule has 0 radical (unpaired) electrons. The molecule has 47 heavy (non-hydrogen) atoms. The molecule has 11 nitrogen and oxygen atoms in total. The summed E-state index contributed by atoms with van der Waals surface area (Å²) in [6.45, 7) is -2.91. The first-order valence-corrected chi connectivity index (χ1v) is 19.2. The van der Waals surface area contributed by atoms with Crippen molar-refractivity contribution in [2.24, 2.45) is 5.92 Å². The van der Waals surface area contributed by atoms with Crippen LogP contribution in [0.1, 0.15) is 30.1 Å². The molecule has 1 saturated heterocycles. The number of halogens is 4. The highest BCUT2D eigenvalue weighted by Crippen LogP contribution is 2.39. The van der Waals surface area contributed by atoms with E-state index in [2.05, 4.69) is 4.74 Å². The monoisotopic (exact) mass is 752 g/mol. The van der Waals surface area contributed by atoms with Gasteiger partial charge in [0.15, 0.2) is 39.1 Å². The van der Waals surface area contributed by atoms with Gasteiger partial charge in [0.05, 0.1) is 16.4 Å². The Morgan fingerprint density at radius 1 is 1.04 bits per heavy atom. The van der Waals surface area contributed by atoms with E-state index in [1.807, 2.05) is 0 Å². The summed E-state index contributed by atoms with van der Waals surface area (Å²) in [4.78, 5) is 13.4. The number of thioether (sulfide) groups is 1. The summed E-state index contributed by atoms with van der Waals surface area (Å²) in [5, 5.41) is 10.5. The maximum atomic E-state index is 13.7. The molecule has 1 aromatic heterocycles. The van der Waals surface area contributed by atoms with E-state index in [1.54, 1.807) is 0 Å². The summed E-state index contributed by atoms with van der Waals surface area (Å²) in [6.07, 6.45) is 3.57. The molecule has 2 heterocycles. The van der Waals surface area contributed by atoms with E-state index in [4.69, 9.17) is 32.7 Å². The standard InChI is InChI=1S/C29H28Cl2F2N2O9S3/c1-46(38,39)19-5-7-20(8-6-19)47(40,41)35-10-11-45-27(35)28(36)43-25(13-21-22(30)14-34(37)15-23(21)31)18-4-9-24(44-29(32)33)26(12-18)42-16-17-2-3-17/h4-9,12,14-15,17,25,27,29H,2-3,10-11,13,16H2,1H3/t25-,27?/m0/s1. The molecule has 0 amide bonds. The zero-order valence-corrected chi connectivity index (χ0v) is 28.5. The van der Waals surface area contributed by atoms with Crippen LogP contribution in [0, 0.1) is 11.1 Å². The van der Waals surface area contributed by atoms with Crippen LogP contribution in [0.15, 0.2) is 64.6 Å². The van der Waals surface area contributed by atoms with Crippen molar-refractivity contribution in [3.63, 3.8) is 0 Å². The molecule has 2 fully saturated rings. The molecule has 0 spiro atoms. The number of pyridine rings is 1. The van der Waals surface area contributed by atoms with E-state index < -0.39 is 43.9 Å². The van der Waals surface area contributed by atoms with Crippen molar-refractivity contribution < 1.29 is 49.4 Å². The molecule has 1 aliphatic carbocycles. The average Bonchev–Trinajstić information content (AvgIpc) is 3.68. The molecule has 254 valence electrons. The van der Waals surface area contributed by atoms with Gasteiger partial charge >= 0.3 is 12.6 Å². The minimum atomic E-state index is -4.28. The Hall–Kier alpha value is -2.89. The van der Waals surface area contributed by atoms with E-state index in [9.17, 15) is 35.6 Å². The first-order valence-electron chi connectivity index (χ1n) is 14.1. The van der Waals surface area contributed by atoms with Crippen molar-refractivity contribution in [2.45, 2.75) is 47.1 Å². The average molecular weight is 754 g/mol. The van der Waals surface area contributed by atoms with Gasteiger partial charge in [-0.2, -0.15) is 17.8 Å². The smallest absolute Gasteiger partial charge is 0.387 e. The molecule has 5 rings (SSSR count). The number of carbonyl (C=O) groups excluding carboxylic acids is 1. The molecule has 3 aromatic rings. The van der Waals surface area contributed by atoms with Crippen molar-refractivity contribution in [2.75, 3.05) is 25.2 Å². The van der Waals surface area contributed by atoms with Gasteiger partial charge in [-0.1, -0.05) is 29.3 Å². The minimum absolute atomic E-state index is 0.0182. The van der Waals surface area contributed by atoms with E-state index >= 15 is 0 Å². The largest absolute Gasteiger partial charge is 0.619 e. The third-order valence-electron chi connectivity index (χ3n) is 7.34. The van der Waals surface area contributed by atoms with Gasteiger partial charge in [-0.25, -0.2) is 21.6 Å². The fourth-order valence-corrected chi connectivity index (χ4v) is 9.02. The third-order valence-corrected chi connectivity index (χ3v) is 12.3. The number of alkyl halides is 2. The SMILES string of the molecule is CS(=O)(=O)c1ccc(S(=O)(=O)N2CCSC2C(=O)O[C@@H](Cc2c(Cl)c[n+]([O-])cc2Cl)c2ccc(OC(F)F)c(OCC3CC3)c2)cc1. The fraction of sp³-hybridized carbons (Fsp3) is 0.379. The van der Waals surface area contributed by atoms with Crippen LogP contribution >= 0.6 is 35.0 Å². The highest BCUT2D eigenvalue weighted by molar-refractivity contribution is 8.02. The van der Waals surface area contributed by atoms with Gasteiger partial charge in [0.25, 0.3) is 0 Å². The highest BCUT2D eigenvalue weighted by atomic mass is 35.5. The minimum Gasteiger partial charge on any atom is -0.619 e. The molecule has 2 aliphatic rings. The number of carbonyl (C=O) groups is 1. The van der Waals surface area contributed by atoms with Crippen molar-refractivity contribution in [3.8, 4) is 11.5 Å². The lowest BCUT2D eigenvalue weighted by Crippen LogP contribution is -2.40. The zero-order chi connectivity index (χ0) is 34.1. The number of nitrogens with zero attached hydrogens (tertiary/aromatic N) is 2. The summed E-state index contributed by atoms with van der Waals surface area (Å²) in [5.74, 6) is -0.672. The highest BCUT2D eigenvalue weighted by Gasteiger charge is 2.42. The Morgan fingerprint density at radius 2 is 1.68 bits per heavy atom. The van der Waals surface area contributed by atoms with E-state index in [1.165, 1.54) is 18.2 Å². The summed E-state index contributed by atoms with van der Waals surface area (Å²) >= 11 is 13.7. The molecule has 0 N–H and O–H groups in total. The molecule has 0 bridgehead atoms. The maximum Gasteiger partial charge on any atom is 0.387 e. The first kappa shape index (κ1) is 35.4. The summed E-state index contributed by atoms with van der Waals surface area (Å²) in [5.41, 5.74) is 0.506. The third kappa shape index (κ3) is 8.59. The van der Waals surface area contributed by atoms with E-state index in [0.29, 0.717) is 4.73 Å². The van der Waals surface area contributed by atoms with Gasteiger partial charge in [-0.3, -0.25) is 0 Å². The predicted octanol–water partition coefficient (Wildman–Crippen LogP) is 5.01. The number of ether oxygens (including phenoxy) is 3. The quantitative estimate of drug-likeness (QED) is 0.133. The topological polar surface area (TPSA) is 143 Å². The van der Waals surface area contributed by atoms with Crippen LogP contribution in [-0.4, -0.2) is 64.3 Å². The van der Waals surface area contributed by atoms with Crippen molar-refractivity contribution in [3.05, 3.63) is 81.2 Å². The molecule has 18 heteroatoms. The molecular weight excluding hydrogens is 725 g/mol. The number of sulfone groups is 1. The van der Waals surface area contributed by atoms with Crippen LogP contribution < -0.4 is 14.2 Å². The van der Waals surface area contributed by atoms with Crippen molar-refractivity contribution >= 4 is 60.8 Å². The van der Waals surface area contributed by atoms with E-state index in [-0.39, 0.29) is 73.7 Å². The Kier molecular flexibility index (Phi) is 10.8. The molecule has 2 atom stereocenters. The lowest BCUT2D eigenvalue weighted by Gasteiger charge is -2.26. The summed E-state index contributed by atoms with van der Waals surface area (Å²) < 4.78 is 94.9. The maximum absolute atomic E-state index is 13.7. The number of hydrogen-bond acceptors (Lipinski definition) is 10. The van der Waals surface area contributed by atoms with Crippen LogP contribution in [0.5, 0.6) is 11.5 Å². The number of hydrogen-bond donors (Lipinski definition) is 0. The van der Waals surface area contributed by atoms with Crippen LogP contribution in [0.25, 0.3) is 0 Å². The Bertz CT molecular complexity index is 1840. The second-order valence-corrected chi connectivity index (χ2v) is 16.8.